The minimum Gasteiger partial charge on any atom is -0.340 e. The van der Waals surface area contributed by atoms with Gasteiger partial charge in [0.05, 0.1) is 6.42 Å². The number of likely N-dealkylation sites (tertiary alicyclic amines) is 1. The molecule has 1 heterocycles. The fourth-order valence-corrected chi connectivity index (χ4v) is 2.65. The van der Waals surface area contributed by atoms with E-state index in [0.717, 1.165) is 18.5 Å². The van der Waals surface area contributed by atoms with E-state index in [4.69, 9.17) is 5.73 Å². The molecular weight excluding hydrogens is 219 g/mol. The van der Waals surface area contributed by atoms with E-state index in [0.29, 0.717) is 12.5 Å². The van der Waals surface area contributed by atoms with E-state index >= 15 is 0 Å². The molecule has 0 bridgehead atoms. The van der Waals surface area contributed by atoms with E-state index < -0.39 is 0 Å². The molecule has 1 saturated carbocycles. The van der Waals surface area contributed by atoms with Gasteiger partial charge >= 0.3 is 0 Å². The lowest BCUT2D eigenvalue weighted by molar-refractivity contribution is -0.130. The highest BCUT2D eigenvalue weighted by atomic mass is 19.1. The van der Waals surface area contributed by atoms with Crippen LogP contribution in [-0.4, -0.2) is 29.4 Å². The summed E-state index contributed by atoms with van der Waals surface area (Å²) in [6, 6.07) is 6.20. The third-order valence-corrected chi connectivity index (χ3v) is 3.80. The SMILES string of the molecule is N[C@]12C[C@@H]1CN(C(=O)Cc1cccc(F)c1)C2. The second-order valence-electron chi connectivity index (χ2n) is 5.22. The van der Waals surface area contributed by atoms with Crippen LogP contribution in [0, 0.1) is 11.7 Å². The van der Waals surface area contributed by atoms with Gasteiger partial charge in [-0.1, -0.05) is 12.1 Å². The first-order chi connectivity index (χ1) is 8.07. The maximum Gasteiger partial charge on any atom is 0.227 e. The fourth-order valence-electron chi connectivity index (χ4n) is 2.65. The van der Waals surface area contributed by atoms with Crippen molar-refractivity contribution in [3.05, 3.63) is 35.6 Å². The lowest BCUT2D eigenvalue weighted by atomic mass is 10.1. The summed E-state index contributed by atoms with van der Waals surface area (Å²) < 4.78 is 13.0. The molecule has 90 valence electrons. The van der Waals surface area contributed by atoms with Gasteiger partial charge in [-0.05, 0) is 30.0 Å². The first kappa shape index (κ1) is 10.7. The molecule has 0 aromatic heterocycles. The smallest absolute Gasteiger partial charge is 0.227 e. The number of piperidine rings is 1. The van der Waals surface area contributed by atoms with Crippen LogP contribution in [0.5, 0.6) is 0 Å². The molecule has 2 fully saturated rings. The van der Waals surface area contributed by atoms with Crippen LogP contribution in [0.25, 0.3) is 0 Å². The first-order valence-electron chi connectivity index (χ1n) is 5.88. The zero-order valence-corrected chi connectivity index (χ0v) is 9.53. The molecule has 0 spiro atoms. The Balaban J connectivity index is 1.64. The zero-order chi connectivity index (χ0) is 12.0. The Morgan fingerprint density at radius 3 is 3.06 bits per heavy atom. The number of amides is 1. The van der Waals surface area contributed by atoms with Crippen molar-refractivity contribution in [3.8, 4) is 0 Å². The van der Waals surface area contributed by atoms with Crippen molar-refractivity contribution in [2.24, 2.45) is 11.7 Å². The Bertz CT molecular complexity index is 476. The van der Waals surface area contributed by atoms with Crippen LogP contribution in [-0.2, 0) is 11.2 Å². The van der Waals surface area contributed by atoms with Gasteiger partial charge < -0.3 is 10.6 Å². The van der Waals surface area contributed by atoms with Crippen molar-refractivity contribution in [2.75, 3.05) is 13.1 Å². The maximum absolute atomic E-state index is 13.0. The third kappa shape index (κ3) is 1.93. The van der Waals surface area contributed by atoms with Crippen molar-refractivity contribution in [2.45, 2.75) is 18.4 Å². The number of rotatable bonds is 2. The molecular formula is C13H15FN2O. The molecule has 1 saturated heterocycles. The second-order valence-corrected chi connectivity index (χ2v) is 5.22. The summed E-state index contributed by atoms with van der Waals surface area (Å²) in [4.78, 5) is 13.8. The first-order valence-corrected chi connectivity index (χ1v) is 5.88. The van der Waals surface area contributed by atoms with Gasteiger partial charge in [0.25, 0.3) is 0 Å². The van der Waals surface area contributed by atoms with Crippen molar-refractivity contribution in [3.63, 3.8) is 0 Å². The number of halogens is 1. The van der Waals surface area contributed by atoms with Crippen LogP contribution < -0.4 is 5.73 Å². The van der Waals surface area contributed by atoms with Crippen LogP contribution in [0.3, 0.4) is 0 Å². The van der Waals surface area contributed by atoms with Crippen LogP contribution in [0.4, 0.5) is 4.39 Å². The van der Waals surface area contributed by atoms with Crippen LogP contribution >= 0.6 is 0 Å². The number of benzene rings is 1. The van der Waals surface area contributed by atoms with Crippen molar-refractivity contribution in [1.82, 2.24) is 4.90 Å². The molecule has 2 aliphatic rings. The Morgan fingerprint density at radius 1 is 1.59 bits per heavy atom. The molecule has 1 amide bonds. The van der Waals surface area contributed by atoms with E-state index in [1.807, 2.05) is 0 Å². The molecule has 1 aliphatic heterocycles. The number of nitrogens with two attached hydrogens (primary N) is 1. The van der Waals surface area contributed by atoms with Crippen LogP contribution in [0.15, 0.2) is 24.3 Å². The number of fused-ring (bicyclic) bond motifs is 1. The van der Waals surface area contributed by atoms with Crippen molar-refractivity contribution >= 4 is 5.91 Å². The minimum atomic E-state index is -0.296. The summed E-state index contributed by atoms with van der Waals surface area (Å²) in [5.41, 5.74) is 6.65. The van der Waals surface area contributed by atoms with Gasteiger partial charge in [-0.3, -0.25) is 4.79 Å². The Kier molecular flexibility index (Phi) is 2.23. The van der Waals surface area contributed by atoms with Gasteiger partial charge in [-0.25, -0.2) is 4.39 Å². The molecule has 1 aromatic rings. The monoisotopic (exact) mass is 234 g/mol. The molecule has 3 rings (SSSR count). The molecule has 3 nitrogen and oxygen atoms in total. The lowest BCUT2D eigenvalue weighted by Crippen LogP contribution is -2.37. The van der Waals surface area contributed by atoms with Crippen LogP contribution in [0.2, 0.25) is 0 Å². The quantitative estimate of drug-likeness (QED) is 0.827. The number of hydrogen-bond acceptors (Lipinski definition) is 2. The number of nitrogens with zero attached hydrogens (tertiary/aromatic N) is 1. The van der Waals surface area contributed by atoms with Gasteiger partial charge in [0, 0.05) is 18.6 Å². The van der Waals surface area contributed by atoms with Crippen molar-refractivity contribution < 1.29 is 9.18 Å². The molecule has 17 heavy (non-hydrogen) atoms. The molecule has 0 unspecified atom stereocenters. The summed E-state index contributed by atoms with van der Waals surface area (Å²) in [5, 5.41) is 0. The van der Waals surface area contributed by atoms with Crippen molar-refractivity contribution in [1.29, 1.82) is 0 Å². The highest BCUT2D eigenvalue weighted by Crippen LogP contribution is 2.47. The molecule has 1 aliphatic carbocycles. The van der Waals surface area contributed by atoms with Gasteiger partial charge in [-0.2, -0.15) is 0 Å². The summed E-state index contributed by atoms with van der Waals surface area (Å²) in [7, 11) is 0. The molecule has 4 heteroatoms. The summed E-state index contributed by atoms with van der Waals surface area (Å²) in [5.74, 6) is 0.237. The van der Waals surface area contributed by atoms with E-state index in [-0.39, 0.29) is 23.7 Å². The Labute approximate surface area is 99.4 Å². The summed E-state index contributed by atoms with van der Waals surface area (Å²) in [6.07, 6.45) is 1.30. The van der Waals surface area contributed by atoms with E-state index in [9.17, 15) is 9.18 Å². The topological polar surface area (TPSA) is 46.3 Å². The van der Waals surface area contributed by atoms with E-state index in [1.54, 1.807) is 17.0 Å². The lowest BCUT2D eigenvalue weighted by Gasteiger charge is -2.19. The average Bonchev–Trinajstić information content (AvgIpc) is 2.77. The molecule has 2 N–H and O–H groups in total. The van der Waals surface area contributed by atoms with Gasteiger partial charge in [0.2, 0.25) is 5.91 Å². The second kappa shape index (κ2) is 3.53. The number of carbonyl (C=O) groups is 1. The number of hydrogen-bond donors (Lipinski definition) is 1. The standard InChI is InChI=1S/C13H15FN2O/c14-11-3-1-2-9(4-11)5-12(17)16-7-10-6-13(10,15)8-16/h1-4,10H,5-8,15H2/t10-,13+/m1/s1. The molecule has 1 aromatic carbocycles. The highest BCUT2D eigenvalue weighted by Gasteiger charge is 2.58. The Hall–Kier alpha value is -1.42. The predicted octanol–water partition coefficient (Wildman–Crippen LogP) is 0.928. The summed E-state index contributed by atoms with van der Waals surface area (Å²) in [6.45, 7) is 1.43. The van der Waals surface area contributed by atoms with Crippen LogP contribution in [0.1, 0.15) is 12.0 Å². The van der Waals surface area contributed by atoms with E-state index in [2.05, 4.69) is 0 Å². The highest BCUT2D eigenvalue weighted by molar-refractivity contribution is 5.79. The zero-order valence-electron chi connectivity index (χ0n) is 9.53. The average molecular weight is 234 g/mol. The largest absolute Gasteiger partial charge is 0.340 e. The Morgan fingerprint density at radius 2 is 2.41 bits per heavy atom. The minimum absolute atomic E-state index is 0.0487. The fraction of sp³-hybridized carbons (Fsp3) is 0.462. The predicted molar refractivity (Wildman–Crippen MR) is 61.7 cm³/mol. The maximum atomic E-state index is 13.0. The molecule has 2 atom stereocenters. The van der Waals surface area contributed by atoms with Gasteiger partial charge in [0.15, 0.2) is 0 Å². The molecule has 0 radical (unpaired) electrons. The normalized spacial score (nSPS) is 30.2. The van der Waals surface area contributed by atoms with Gasteiger partial charge in [0.1, 0.15) is 5.82 Å². The van der Waals surface area contributed by atoms with E-state index in [1.165, 1.54) is 12.1 Å². The third-order valence-electron chi connectivity index (χ3n) is 3.80. The van der Waals surface area contributed by atoms with Gasteiger partial charge in [-0.15, -0.1) is 0 Å². The number of carbonyl (C=O) groups excluding carboxylic acids is 1. The summed E-state index contributed by atoms with van der Waals surface area (Å²) >= 11 is 0.